The molecule has 7 heteroatoms. The van der Waals surface area contributed by atoms with Gasteiger partial charge in [0.15, 0.2) is 9.84 Å². The molecule has 1 atom stereocenters. The van der Waals surface area contributed by atoms with Crippen molar-refractivity contribution in [2.75, 3.05) is 6.26 Å². The SMILES string of the molecule is CCC(C(N)=O)n1cc(S(C)(=O)=O)cn1. The number of aromatic nitrogens is 2. The van der Waals surface area contributed by atoms with Gasteiger partial charge in [-0.2, -0.15) is 5.10 Å². The molecule has 2 N–H and O–H groups in total. The Hall–Kier alpha value is -1.37. The fourth-order valence-corrected chi connectivity index (χ4v) is 1.74. The van der Waals surface area contributed by atoms with Crippen LogP contribution in [-0.4, -0.2) is 30.4 Å². The van der Waals surface area contributed by atoms with Gasteiger partial charge in [0, 0.05) is 12.5 Å². The molecular weight excluding hydrogens is 218 g/mol. The third-order valence-corrected chi connectivity index (χ3v) is 3.11. The molecule has 0 bridgehead atoms. The lowest BCUT2D eigenvalue weighted by molar-refractivity contribution is -0.121. The highest BCUT2D eigenvalue weighted by atomic mass is 32.2. The van der Waals surface area contributed by atoms with Crippen molar-refractivity contribution in [1.82, 2.24) is 9.78 Å². The lowest BCUT2D eigenvalue weighted by Crippen LogP contribution is -2.26. The first kappa shape index (κ1) is 11.7. The summed E-state index contributed by atoms with van der Waals surface area (Å²) in [7, 11) is -3.28. The van der Waals surface area contributed by atoms with E-state index in [9.17, 15) is 13.2 Å². The number of carbonyl (C=O) groups is 1. The van der Waals surface area contributed by atoms with E-state index in [0.29, 0.717) is 6.42 Å². The van der Waals surface area contributed by atoms with Gasteiger partial charge in [0.1, 0.15) is 10.9 Å². The van der Waals surface area contributed by atoms with E-state index < -0.39 is 21.8 Å². The van der Waals surface area contributed by atoms with Crippen molar-refractivity contribution in [2.24, 2.45) is 5.73 Å². The minimum atomic E-state index is -3.28. The topological polar surface area (TPSA) is 95.0 Å². The first-order chi connectivity index (χ1) is 6.86. The molecule has 0 radical (unpaired) electrons. The Labute approximate surface area is 88.0 Å². The van der Waals surface area contributed by atoms with Gasteiger partial charge in [-0.25, -0.2) is 8.42 Å². The van der Waals surface area contributed by atoms with Crippen LogP contribution in [0.4, 0.5) is 0 Å². The first-order valence-corrected chi connectivity index (χ1v) is 6.29. The van der Waals surface area contributed by atoms with Crippen molar-refractivity contribution >= 4 is 15.7 Å². The highest BCUT2D eigenvalue weighted by Gasteiger charge is 2.18. The molecular formula is C8H13N3O3S. The van der Waals surface area contributed by atoms with Gasteiger partial charge in [0.05, 0.1) is 6.20 Å². The Morgan fingerprint density at radius 2 is 2.27 bits per heavy atom. The van der Waals surface area contributed by atoms with E-state index in [1.165, 1.54) is 17.1 Å². The van der Waals surface area contributed by atoms with Gasteiger partial charge in [-0.15, -0.1) is 0 Å². The van der Waals surface area contributed by atoms with Gasteiger partial charge >= 0.3 is 0 Å². The molecule has 0 aromatic carbocycles. The smallest absolute Gasteiger partial charge is 0.242 e. The average molecular weight is 231 g/mol. The summed E-state index contributed by atoms with van der Waals surface area (Å²) in [5, 5.41) is 3.81. The van der Waals surface area contributed by atoms with Crippen LogP contribution in [0.2, 0.25) is 0 Å². The largest absolute Gasteiger partial charge is 0.368 e. The average Bonchev–Trinajstić information content (AvgIpc) is 2.52. The number of carbonyl (C=O) groups excluding carboxylic acids is 1. The number of nitrogens with zero attached hydrogens (tertiary/aromatic N) is 2. The maximum atomic E-state index is 11.2. The molecule has 0 spiro atoms. The minimum absolute atomic E-state index is 0.0854. The van der Waals surface area contributed by atoms with Crippen LogP contribution < -0.4 is 5.73 Å². The van der Waals surface area contributed by atoms with E-state index in [2.05, 4.69) is 5.10 Å². The molecule has 0 fully saturated rings. The highest BCUT2D eigenvalue weighted by Crippen LogP contribution is 2.13. The minimum Gasteiger partial charge on any atom is -0.368 e. The van der Waals surface area contributed by atoms with Gasteiger partial charge in [0.25, 0.3) is 0 Å². The van der Waals surface area contributed by atoms with Crippen molar-refractivity contribution in [3.63, 3.8) is 0 Å². The summed E-state index contributed by atoms with van der Waals surface area (Å²) in [5.41, 5.74) is 5.15. The van der Waals surface area contributed by atoms with Crippen molar-refractivity contribution < 1.29 is 13.2 Å². The fourth-order valence-electron chi connectivity index (χ4n) is 1.20. The second-order valence-electron chi connectivity index (χ2n) is 3.25. The van der Waals surface area contributed by atoms with Crippen LogP contribution in [0.1, 0.15) is 19.4 Å². The van der Waals surface area contributed by atoms with E-state index in [1.54, 1.807) is 6.92 Å². The Bertz CT molecular complexity index is 463. The van der Waals surface area contributed by atoms with E-state index in [0.717, 1.165) is 6.26 Å². The molecule has 6 nitrogen and oxygen atoms in total. The molecule has 1 unspecified atom stereocenters. The number of hydrogen-bond donors (Lipinski definition) is 1. The number of primary amides is 1. The molecule has 15 heavy (non-hydrogen) atoms. The van der Waals surface area contributed by atoms with Crippen LogP contribution in [0.15, 0.2) is 17.3 Å². The number of hydrogen-bond acceptors (Lipinski definition) is 4. The van der Waals surface area contributed by atoms with Crippen molar-refractivity contribution in [3.8, 4) is 0 Å². The van der Waals surface area contributed by atoms with Crippen LogP contribution in [0.5, 0.6) is 0 Å². The van der Waals surface area contributed by atoms with Crippen LogP contribution in [0, 0.1) is 0 Å². The lowest BCUT2D eigenvalue weighted by atomic mass is 10.2. The molecule has 1 amide bonds. The summed E-state index contributed by atoms with van der Waals surface area (Å²) < 4.78 is 23.6. The molecule has 0 aliphatic carbocycles. The molecule has 84 valence electrons. The third-order valence-electron chi connectivity index (χ3n) is 2.04. The number of nitrogens with two attached hydrogens (primary N) is 1. The monoisotopic (exact) mass is 231 g/mol. The molecule has 0 saturated heterocycles. The summed E-state index contributed by atoms with van der Waals surface area (Å²) in [6.07, 6.45) is 4.08. The predicted molar refractivity (Wildman–Crippen MR) is 53.9 cm³/mol. The van der Waals surface area contributed by atoms with Crippen LogP contribution in [0.25, 0.3) is 0 Å². The van der Waals surface area contributed by atoms with Gasteiger partial charge < -0.3 is 5.73 Å². The van der Waals surface area contributed by atoms with E-state index in [1.807, 2.05) is 0 Å². The molecule has 0 aliphatic rings. The van der Waals surface area contributed by atoms with Crippen molar-refractivity contribution in [3.05, 3.63) is 12.4 Å². The fraction of sp³-hybridized carbons (Fsp3) is 0.500. The highest BCUT2D eigenvalue weighted by molar-refractivity contribution is 7.90. The van der Waals surface area contributed by atoms with E-state index in [4.69, 9.17) is 5.73 Å². The summed E-state index contributed by atoms with van der Waals surface area (Å²) in [4.78, 5) is 11.1. The quantitative estimate of drug-likeness (QED) is 0.771. The lowest BCUT2D eigenvalue weighted by Gasteiger charge is -2.10. The van der Waals surface area contributed by atoms with E-state index >= 15 is 0 Å². The standard InChI is InChI=1S/C8H13N3O3S/c1-3-7(8(9)12)11-5-6(4-10-11)15(2,13)14/h4-5,7H,3H2,1-2H3,(H2,9,12). The summed E-state index contributed by atoms with van der Waals surface area (Å²) in [5.74, 6) is -0.527. The number of rotatable bonds is 4. The predicted octanol–water partition coefficient (Wildman–Crippen LogP) is -0.277. The Balaban J connectivity index is 3.08. The van der Waals surface area contributed by atoms with Crippen molar-refractivity contribution in [1.29, 1.82) is 0 Å². The zero-order valence-corrected chi connectivity index (χ0v) is 9.36. The van der Waals surface area contributed by atoms with Gasteiger partial charge in [0.2, 0.25) is 5.91 Å². The second-order valence-corrected chi connectivity index (χ2v) is 5.27. The van der Waals surface area contributed by atoms with E-state index in [-0.39, 0.29) is 4.90 Å². The number of amides is 1. The van der Waals surface area contributed by atoms with Gasteiger partial charge in [-0.3, -0.25) is 9.48 Å². The maximum absolute atomic E-state index is 11.2. The second kappa shape index (κ2) is 4.01. The summed E-state index contributed by atoms with van der Waals surface area (Å²) in [6, 6.07) is -0.597. The maximum Gasteiger partial charge on any atom is 0.242 e. The third kappa shape index (κ3) is 2.56. The summed E-state index contributed by atoms with van der Waals surface area (Å²) in [6.45, 7) is 1.78. The van der Waals surface area contributed by atoms with Gasteiger partial charge in [-0.05, 0) is 6.42 Å². The number of sulfone groups is 1. The molecule has 1 rings (SSSR count). The molecule has 0 aliphatic heterocycles. The molecule has 1 heterocycles. The Kier molecular flexibility index (Phi) is 3.13. The molecule has 1 aromatic rings. The zero-order valence-electron chi connectivity index (χ0n) is 8.54. The van der Waals surface area contributed by atoms with Crippen LogP contribution in [-0.2, 0) is 14.6 Å². The normalized spacial score (nSPS) is 13.7. The molecule has 0 saturated carbocycles. The van der Waals surface area contributed by atoms with Crippen LogP contribution in [0.3, 0.4) is 0 Å². The van der Waals surface area contributed by atoms with Gasteiger partial charge in [-0.1, -0.05) is 6.92 Å². The van der Waals surface area contributed by atoms with Crippen molar-refractivity contribution in [2.45, 2.75) is 24.3 Å². The Morgan fingerprint density at radius 3 is 2.60 bits per heavy atom. The Morgan fingerprint density at radius 1 is 1.67 bits per heavy atom. The zero-order chi connectivity index (χ0) is 11.6. The summed E-state index contributed by atoms with van der Waals surface area (Å²) >= 11 is 0. The first-order valence-electron chi connectivity index (χ1n) is 4.39. The molecule has 1 aromatic heterocycles. The van der Waals surface area contributed by atoms with Crippen LogP contribution >= 0.6 is 0 Å².